The van der Waals surface area contributed by atoms with Crippen molar-refractivity contribution in [3.8, 4) is 0 Å². The molecule has 2 heterocycles. The third-order valence-corrected chi connectivity index (χ3v) is 4.06. The molecule has 1 saturated heterocycles. The van der Waals surface area contributed by atoms with Gasteiger partial charge in [0.25, 0.3) is 0 Å². The topological polar surface area (TPSA) is 48.5 Å². The lowest BCUT2D eigenvalue weighted by Gasteiger charge is -2.22. The fourth-order valence-corrected chi connectivity index (χ4v) is 2.81. The van der Waals surface area contributed by atoms with Gasteiger partial charge in [-0.25, -0.2) is 4.79 Å². The van der Waals surface area contributed by atoms with E-state index in [1.54, 1.807) is 24.5 Å². The summed E-state index contributed by atoms with van der Waals surface area (Å²) in [7, 11) is 0. The average Bonchev–Trinajstić information content (AvgIpc) is 2.82. The predicted molar refractivity (Wildman–Crippen MR) is 91.2 cm³/mol. The van der Waals surface area contributed by atoms with Gasteiger partial charge < -0.3 is 10.2 Å². The minimum atomic E-state index is -0.0299. The number of amides is 2. The zero-order valence-electron chi connectivity index (χ0n) is 13.2. The molecule has 1 aromatic carbocycles. The summed E-state index contributed by atoms with van der Waals surface area (Å²) in [5.74, 6) is 0. The number of nitrogens with zero attached hydrogens (tertiary/aromatic N) is 3. The third-order valence-electron chi connectivity index (χ3n) is 4.06. The minimum Gasteiger partial charge on any atom is -0.323 e. The number of carbonyl (C=O) groups is 1. The number of pyridine rings is 1. The normalized spacial score (nSPS) is 15.9. The summed E-state index contributed by atoms with van der Waals surface area (Å²) in [5, 5.41) is 2.93. The molecule has 1 aliphatic rings. The van der Waals surface area contributed by atoms with Gasteiger partial charge >= 0.3 is 6.03 Å². The average molecular weight is 310 g/mol. The Kier molecular flexibility index (Phi) is 5.21. The summed E-state index contributed by atoms with van der Waals surface area (Å²) in [6.07, 6.45) is 4.36. The van der Waals surface area contributed by atoms with Crippen LogP contribution in [0, 0.1) is 0 Å². The maximum atomic E-state index is 12.4. The van der Waals surface area contributed by atoms with E-state index in [4.69, 9.17) is 0 Å². The highest BCUT2D eigenvalue weighted by molar-refractivity contribution is 5.89. The molecule has 0 atom stereocenters. The number of rotatable bonds is 3. The Labute approximate surface area is 136 Å². The number of benzene rings is 1. The molecule has 0 bridgehead atoms. The van der Waals surface area contributed by atoms with Gasteiger partial charge in [-0.1, -0.05) is 30.3 Å². The molecule has 0 saturated carbocycles. The van der Waals surface area contributed by atoms with Gasteiger partial charge in [0.1, 0.15) is 0 Å². The summed E-state index contributed by atoms with van der Waals surface area (Å²) in [5.41, 5.74) is 2.11. The lowest BCUT2D eigenvalue weighted by molar-refractivity contribution is 0.211. The number of carbonyl (C=O) groups excluding carboxylic acids is 1. The molecule has 0 unspecified atom stereocenters. The first kappa shape index (κ1) is 15.5. The quantitative estimate of drug-likeness (QED) is 0.948. The van der Waals surface area contributed by atoms with E-state index >= 15 is 0 Å². The molecule has 5 heteroatoms. The van der Waals surface area contributed by atoms with Gasteiger partial charge in [-0.2, -0.15) is 0 Å². The van der Waals surface area contributed by atoms with Crippen LogP contribution in [0.1, 0.15) is 12.0 Å². The standard InChI is InChI=1S/C18H22N4O/c23-18(20-17-7-9-19-10-8-17)22-12-4-11-21(13-14-22)15-16-5-2-1-3-6-16/h1-3,5-10H,4,11-15H2,(H,19,20,23). The number of hydrogen-bond donors (Lipinski definition) is 1. The van der Waals surface area contributed by atoms with Crippen LogP contribution in [-0.4, -0.2) is 47.0 Å². The number of urea groups is 1. The van der Waals surface area contributed by atoms with Crippen molar-refractivity contribution >= 4 is 11.7 Å². The van der Waals surface area contributed by atoms with Crippen molar-refractivity contribution in [2.75, 3.05) is 31.5 Å². The Hall–Kier alpha value is -2.40. The number of nitrogens with one attached hydrogen (secondary N) is 1. The highest BCUT2D eigenvalue weighted by Gasteiger charge is 2.19. The second-order valence-electron chi connectivity index (χ2n) is 5.77. The smallest absolute Gasteiger partial charge is 0.321 e. The van der Waals surface area contributed by atoms with Crippen LogP contribution in [0.5, 0.6) is 0 Å². The lowest BCUT2D eigenvalue weighted by atomic mass is 10.2. The summed E-state index contributed by atoms with van der Waals surface area (Å²) in [4.78, 5) is 20.6. The van der Waals surface area contributed by atoms with Crippen LogP contribution in [0.15, 0.2) is 54.9 Å². The maximum Gasteiger partial charge on any atom is 0.321 e. The molecule has 120 valence electrons. The zero-order chi connectivity index (χ0) is 15.9. The highest BCUT2D eigenvalue weighted by Crippen LogP contribution is 2.11. The van der Waals surface area contributed by atoms with E-state index in [0.29, 0.717) is 0 Å². The van der Waals surface area contributed by atoms with Crippen molar-refractivity contribution in [2.45, 2.75) is 13.0 Å². The molecular formula is C18H22N4O. The van der Waals surface area contributed by atoms with E-state index in [2.05, 4.69) is 39.5 Å². The van der Waals surface area contributed by atoms with E-state index in [-0.39, 0.29) is 6.03 Å². The summed E-state index contributed by atoms with van der Waals surface area (Å²) in [6.45, 7) is 4.42. The minimum absolute atomic E-state index is 0.0299. The summed E-state index contributed by atoms with van der Waals surface area (Å²) >= 11 is 0. The van der Waals surface area contributed by atoms with E-state index < -0.39 is 0 Å². The van der Waals surface area contributed by atoms with Crippen molar-refractivity contribution in [3.63, 3.8) is 0 Å². The van der Waals surface area contributed by atoms with Crippen LogP contribution in [-0.2, 0) is 6.54 Å². The maximum absolute atomic E-state index is 12.4. The van der Waals surface area contributed by atoms with Gasteiger partial charge in [0.15, 0.2) is 0 Å². The van der Waals surface area contributed by atoms with Gasteiger partial charge in [0.2, 0.25) is 0 Å². The van der Waals surface area contributed by atoms with E-state index in [1.807, 2.05) is 11.0 Å². The molecule has 0 radical (unpaired) electrons. The first-order chi connectivity index (χ1) is 11.3. The van der Waals surface area contributed by atoms with Crippen LogP contribution in [0.3, 0.4) is 0 Å². The third kappa shape index (κ3) is 4.53. The van der Waals surface area contributed by atoms with Crippen molar-refractivity contribution in [3.05, 3.63) is 60.4 Å². The molecule has 2 amide bonds. The molecule has 0 spiro atoms. The zero-order valence-corrected chi connectivity index (χ0v) is 13.2. The molecule has 2 aromatic rings. The van der Waals surface area contributed by atoms with Crippen molar-refractivity contribution in [1.29, 1.82) is 0 Å². The van der Waals surface area contributed by atoms with Crippen molar-refractivity contribution < 1.29 is 4.79 Å². The predicted octanol–water partition coefficient (Wildman–Crippen LogP) is 2.82. The Morgan fingerprint density at radius 3 is 2.57 bits per heavy atom. The Bertz CT molecular complexity index is 617. The molecule has 3 rings (SSSR count). The van der Waals surface area contributed by atoms with E-state index in [0.717, 1.165) is 44.8 Å². The van der Waals surface area contributed by atoms with Crippen molar-refractivity contribution in [2.24, 2.45) is 0 Å². The van der Waals surface area contributed by atoms with Gasteiger partial charge in [-0.15, -0.1) is 0 Å². The van der Waals surface area contributed by atoms with Gasteiger partial charge in [0, 0.05) is 50.8 Å². The molecule has 1 aliphatic heterocycles. The first-order valence-electron chi connectivity index (χ1n) is 8.03. The van der Waals surface area contributed by atoms with E-state index in [9.17, 15) is 4.79 Å². The number of aromatic nitrogens is 1. The molecule has 23 heavy (non-hydrogen) atoms. The van der Waals surface area contributed by atoms with Gasteiger partial charge in [-0.05, 0) is 24.1 Å². The molecule has 0 aliphatic carbocycles. The SMILES string of the molecule is O=C(Nc1ccncc1)N1CCCN(Cc2ccccc2)CC1. The van der Waals surface area contributed by atoms with Crippen LogP contribution >= 0.6 is 0 Å². The first-order valence-corrected chi connectivity index (χ1v) is 8.03. The second kappa shape index (κ2) is 7.74. The molecular weight excluding hydrogens is 288 g/mol. The Morgan fingerprint density at radius 2 is 1.78 bits per heavy atom. The molecule has 1 N–H and O–H groups in total. The fourth-order valence-electron chi connectivity index (χ4n) is 2.81. The fraction of sp³-hybridized carbons (Fsp3) is 0.333. The van der Waals surface area contributed by atoms with Crippen LogP contribution in [0.2, 0.25) is 0 Å². The van der Waals surface area contributed by atoms with Gasteiger partial charge in [0.05, 0.1) is 0 Å². The largest absolute Gasteiger partial charge is 0.323 e. The van der Waals surface area contributed by atoms with Crippen LogP contribution in [0.4, 0.5) is 10.5 Å². The molecule has 1 aromatic heterocycles. The highest BCUT2D eigenvalue weighted by atomic mass is 16.2. The van der Waals surface area contributed by atoms with Crippen molar-refractivity contribution in [1.82, 2.24) is 14.8 Å². The van der Waals surface area contributed by atoms with E-state index in [1.165, 1.54) is 5.56 Å². The Morgan fingerprint density at radius 1 is 1.00 bits per heavy atom. The monoisotopic (exact) mass is 310 g/mol. The Balaban J connectivity index is 1.53. The lowest BCUT2D eigenvalue weighted by Crippen LogP contribution is -2.38. The molecule has 1 fully saturated rings. The van der Waals surface area contributed by atoms with Gasteiger partial charge in [-0.3, -0.25) is 9.88 Å². The molecule has 5 nitrogen and oxygen atoms in total. The van der Waals surface area contributed by atoms with Crippen LogP contribution < -0.4 is 5.32 Å². The summed E-state index contributed by atoms with van der Waals surface area (Å²) < 4.78 is 0. The second-order valence-corrected chi connectivity index (χ2v) is 5.77. The summed E-state index contributed by atoms with van der Waals surface area (Å²) in [6, 6.07) is 14.1. The number of hydrogen-bond acceptors (Lipinski definition) is 3. The van der Waals surface area contributed by atoms with Crippen LogP contribution in [0.25, 0.3) is 0 Å². The number of anilines is 1.